The minimum Gasteiger partial charge on any atom is -0.507 e. The van der Waals surface area contributed by atoms with Gasteiger partial charge in [0.1, 0.15) is 5.75 Å². The molecule has 4 heteroatoms. The summed E-state index contributed by atoms with van der Waals surface area (Å²) in [6.07, 6.45) is 4.30. The van der Waals surface area contributed by atoms with E-state index in [-0.39, 0.29) is 6.04 Å². The van der Waals surface area contributed by atoms with Crippen molar-refractivity contribution >= 4 is 0 Å². The normalized spacial score (nSPS) is 23.4. The monoisotopic (exact) mass is 249 g/mol. The number of nitrogens with one attached hydrogen (secondary N) is 1. The third kappa shape index (κ3) is 2.12. The summed E-state index contributed by atoms with van der Waals surface area (Å²) in [7, 11) is 0. The van der Waals surface area contributed by atoms with E-state index in [2.05, 4.69) is 5.32 Å². The number of aromatic hydroxyl groups is 1. The summed E-state index contributed by atoms with van der Waals surface area (Å²) in [5.74, 6) is 1.79. The zero-order valence-corrected chi connectivity index (χ0v) is 10.4. The van der Waals surface area contributed by atoms with Crippen LogP contribution in [0.4, 0.5) is 0 Å². The average Bonchev–Trinajstić information content (AvgIpc) is 2.65. The summed E-state index contributed by atoms with van der Waals surface area (Å²) in [6, 6.07) is 3.68. The molecule has 1 fully saturated rings. The van der Waals surface area contributed by atoms with Crippen LogP contribution in [0.5, 0.6) is 17.2 Å². The van der Waals surface area contributed by atoms with Crippen molar-refractivity contribution in [2.45, 2.75) is 31.7 Å². The smallest absolute Gasteiger partial charge is 0.169 e. The van der Waals surface area contributed by atoms with Crippen LogP contribution >= 0.6 is 0 Å². The van der Waals surface area contributed by atoms with Crippen LogP contribution in [-0.4, -0.2) is 24.9 Å². The fourth-order valence-corrected chi connectivity index (χ4v) is 2.68. The standard InChI is InChI=1S/C14H19NO3/c16-11-5-6-12-14(18-9-3-8-17-12)13(11)10-4-1-2-7-15-10/h5-6,10,15-16H,1-4,7-9H2. The molecular formula is C14H19NO3. The molecule has 18 heavy (non-hydrogen) atoms. The van der Waals surface area contributed by atoms with E-state index in [0.29, 0.717) is 19.0 Å². The molecule has 0 aromatic heterocycles. The predicted octanol–water partition coefficient (Wildman–Crippen LogP) is 2.37. The van der Waals surface area contributed by atoms with Crippen molar-refractivity contribution in [3.8, 4) is 17.2 Å². The van der Waals surface area contributed by atoms with Gasteiger partial charge in [0.15, 0.2) is 11.5 Å². The summed E-state index contributed by atoms with van der Waals surface area (Å²) in [6.45, 7) is 2.32. The fraction of sp³-hybridized carbons (Fsp3) is 0.571. The van der Waals surface area contributed by atoms with E-state index in [0.717, 1.165) is 36.4 Å². The van der Waals surface area contributed by atoms with Crippen molar-refractivity contribution < 1.29 is 14.6 Å². The topological polar surface area (TPSA) is 50.7 Å². The van der Waals surface area contributed by atoms with Crippen LogP contribution in [0.3, 0.4) is 0 Å². The molecule has 2 aliphatic heterocycles. The van der Waals surface area contributed by atoms with Crippen LogP contribution in [0.1, 0.15) is 37.3 Å². The van der Waals surface area contributed by atoms with E-state index >= 15 is 0 Å². The Morgan fingerprint density at radius 3 is 2.83 bits per heavy atom. The number of hydrogen-bond donors (Lipinski definition) is 2. The van der Waals surface area contributed by atoms with Crippen molar-refractivity contribution in [2.75, 3.05) is 19.8 Å². The second-order valence-electron chi connectivity index (χ2n) is 4.88. The lowest BCUT2D eigenvalue weighted by atomic mass is 9.95. The van der Waals surface area contributed by atoms with Gasteiger partial charge in [-0.05, 0) is 31.5 Å². The van der Waals surface area contributed by atoms with Crippen LogP contribution in [0.2, 0.25) is 0 Å². The quantitative estimate of drug-likeness (QED) is 0.802. The zero-order valence-electron chi connectivity index (χ0n) is 10.4. The van der Waals surface area contributed by atoms with E-state index in [1.54, 1.807) is 12.1 Å². The highest BCUT2D eigenvalue weighted by Crippen LogP contribution is 2.43. The maximum Gasteiger partial charge on any atom is 0.169 e. The molecule has 1 aromatic rings. The SMILES string of the molecule is Oc1ccc2c(c1C1CCCCN1)OCCCO2. The van der Waals surface area contributed by atoms with E-state index < -0.39 is 0 Å². The molecule has 0 spiro atoms. The fourth-order valence-electron chi connectivity index (χ4n) is 2.68. The maximum atomic E-state index is 10.1. The molecule has 0 saturated carbocycles. The molecule has 1 atom stereocenters. The summed E-state index contributed by atoms with van der Waals surface area (Å²) < 4.78 is 11.5. The first-order chi connectivity index (χ1) is 8.86. The van der Waals surface area contributed by atoms with Gasteiger partial charge in [-0.25, -0.2) is 0 Å². The van der Waals surface area contributed by atoms with Crippen LogP contribution in [-0.2, 0) is 0 Å². The average molecular weight is 249 g/mol. The van der Waals surface area contributed by atoms with Gasteiger partial charge in [0, 0.05) is 12.5 Å². The van der Waals surface area contributed by atoms with Crippen molar-refractivity contribution in [2.24, 2.45) is 0 Å². The van der Waals surface area contributed by atoms with Gasteiger partial charge in [0.2, 0.25) is 0 Å². The Bertz CT molecular complexity index is 427. The first kappa shape index (κ1) is 11.7. The van der Waals surface area contributed by atoms with Crippen LogP contribution in [0, 0.1) is 0 Å². The number of rotatable bonds is 1. The summed E-state index contributed by atoms with van der Waals surface area (Å²) in [5, 5.41) is 13.6. The molecular weight excluding hydrogens is 230 g/mol. The molecule has 2 N–H and O–H groups in total. The minimum atomic E-state index is 0.176. The van der Waals surface area contributed by atoms with E-state index in [1.165, 1.54) is 12.8 Å². The molecule has 0 radical (unpaired) electrons. The highest BCUT2D eigenvalue weighted by molar-refractivity contribution is 5.55. The first-order valence-corrected chi connectivity index (χ1v) is 6.71. The van der Waals surface area contributed by atoms with Gasteiger partial charge < -0.3 is 19.9 Å². The van der Waals surface area contributed by atoms with E-state index in [1.807, 2.05) is 0 Å². The van der Waals surface area contributed by atoms with Crippen LogP contribution in [0.15, 0.2) is 12.1 Å². The number of hydrogen-bond acceptors (Lipinski definition) is 4. The Morgan fingerprint density at radius 1 is 1.11 bits per heavy atom. The molecule has 3 rings (SSSR count). The largest absolute Gasteiger partial charge is 0.507 e. The molecule has 1 aromatic carbocycles. The Kier molecular flexibility index (Phi) is 3.28. The summed E-state index contributed by atoms with van der Waals surface area (Å²) >= 11 is 0. The molecule has 98 valence electrons. The minimum absolute atomic E-state index is 0.176. The Morgan fingerprint density at radius 2 is 2.00 bits per heavy atom. The third-order valence-electron chi connectivity index (χ3n) is 3.59. The first-order valence-electron chi connectivity index (χ1n) is 6.71. The molecule has 4 nitrogen and oxygen atoms in total. The predicted molar refractivity (Wildman–Crippen MR) is 68.3 cm³/mol. The van der Waals surface area contributed by atoms with Crippen molar-refractivity contribution in [3.63, 3.8) is 0 Å². The number of benzene rings is 1. The van der Waals surface area contributed by atoms with Crippen molar-refractivity contribution in [1.82, 2.24) is 5.32 Å². The van der Waals surface area contributed by atoms with Gasteiger partial charge in [-0.3, -0.25) is 0 Å². The lowest BCUT2D eigenvalue weighted by molar-refractivity contribution is 0.292. The number of piperidine rings is 1. The Labute approximate surface area is 107 Å². The third-order valence-corrected chi connectivity index (χ3v) is 3.59. The van der Waals surface area contributed by atoms with Gasteiger partial charge in [-0.2, -0.15) is 0 Å². The highest BCUT2D eigenvalue weighted by Gasteiger charge is 2.26. The van der Waals surface area contributed by atoms with Crippen LogP contribution in [0.25, 0.3) is 0 Å². The van der Waals surface area contributed by atoms with E-state index in [4.69, 9.17) is 9.47 Å². The van der Waals surface area contributed by atoms with Gasteiger partial charge in [-0.15, -0.1) is 0 Å². The molecule has 0 bridgehead atoms. The lowest BCUT2D eigenvalue weighted by Gasteiger charge is -2.26. The summed E-state index contributed by atoms with van der Waals surface area (Å²) in [4.78, 5) is 0. The van der Waals surface area contributed by atoms with E-state index in [9.17, 15) is 5.11 Å². The maximum absolute atomic E-state index is 10.1. The molecule has 2 aliphatic rings. The molecule has 1 unspecified atom stereocenters. The van der Waals surface area contributed by atoms with Gasteiger partial charge in [0.25, 0.3) is 0 Å². The number of ether oxygens (including phenoxy) is 2. The highest BCUT2D eigenvalue weighted by atomic mass is 16.5. The van der Waals surface area contributed by atoms with Crippen LogP contribution < -0.4 is 14.8 Å². The van der Waals surface area contributed by atoms with Gasteiger partial charge >= 0.3 is 0 Å². The number of phenols is 1. The van der Waals surface area contributed by atoms with Gasteiger partial charge in [-0.1, -0.05) is 6.42 Å². The molecule has 0 aliphatic carbocycles. The van der Waals surface area contributed by atoms with Crippen molar-refractivity contribution in [3.05, 3.63) is 17.7 Å². The lowest BCUT2D eigenvalue weighted by Crippen LogP contribution is -2.27. The molecule has 0 amide bonds. The Balaban J connectivity index is 2.00. The number of phenolic OH excluding ortho intramolecular Hbond substituents is 1. The summed E-state index contributed by atoms with van der Waals surface area (Å²) in [5.41, 5.74) is 0.870. The molecule has 2 heterocycles. The second-order valence-corrected chi connectivity index (χ2v) is 4.88. The molecule has 1 saturated heterocycles. The number of fused-ring (bicyclic) bond motifs is 1. The second kappa shape index (κ2) is 5.06. The Hall–Kier alpha value is -1.42. The van der Waals surface area contributed by atoms with Gasteiger partial charge in [0.05, 0.1) is 18.8 Å². The van der Waals surface area contributed by atoms with Crippen molar-refractivity contribution in [1.29, 1.82) is 0 Å². The zero-order chi connectivity index (χ0) is 12.4.